The predicted molar refractivity (Wildman–Crippen MR) is 131 cm³/mol. The number of aromatic amines is 1. The quantitative estimate of drug-likeness (QED) is 0.298. The molecule has 0 saturated heterocycles. The molecule has 6 nitrogen and oxygen atoms in total. The fourth-order valence-corrected chi connectivity index (χ4v) is 4.03. The molecule has 0 radical (unpaired) electrons. The Morgan fingerprint density at radius 1 is 1.03 bits per heavy atom. The van der Waals surface area contributed by atoms with Crippen LogP contribution >= 0.6 is 0 Å². The second-order valence-electron chi connectivity index (χ2n) is 8.20. The van der Waals surface area contributed by atoms with Gasteiger partial charge in [0.1, 0.15) is 5.75 Å². The summed E-state index contributed by atoms with van der Waals surface area (Å²) in [6.45, 7) is -1.49. The number of Topliss-reactive ketones (excluding diaryl/α,β-unsaturated/α-hetero) is 1. The maximum Gasteiger partial charge on any atom is 0.387 e. The highest BCUT2D eigenvalue weighted by Crippen LogP contribution is 2.29. The molecule has 3 aromatic carbocycles. The molecule has 1 atom stereocenters. The van der Waals surface area contributed by atoms with Crippen LogP contribution in [0, 0.1) is 0 Å². The van der Waals surface area contributed by atoms with Crippen molar-refractivity contribution >= 4 is 22.6 Å². The van der Waals surface area contributed by atoms with E-state index in [1.165, 1.54) is 19.1 Å². The number of ether oxygens (including phenoxy) is 1. The summed E-state index contributed by atoms with van der Waals surface area (Å²) in [5.41, 5.74) is 9.60. The first kappa shape index (κ1) is 24.1. The van der Waals surface area contributed by atoms with Gasteiger partial charge in [0.2, 0.25) is 0 Å². The Morgan fingerprint density at radius 2 is 1.80 bits per heavy atom. The Morgan fingerprint density at radius 3 is 2.54 bits per heavy atom. The molecule has 0 saturated carbocycles. The fraction of sp³-hybridized carbons (Fsp3) is 0.185. The zero-order valence-corrected chi connectivity index (χ0v) is 19.1. The molecule has 1 amide bonds. The van der Waals surface area contributed by atoms with E-state index in [0.29, 0.717) is 23.1 Å². The van der Waals surface area contributed by atoms with Gasteiger partial charge in [-0.15, -0.1) is 0 Å². The third-order valence-electron chi connectivity index (χ3n) is 5.80. The Hall–Kier alpha value is -4.04. The monoisotopic (exact) mass is 477 g/mol. The summed E-state index contributed by atoms with van der Waals surface area (Å²) in [5, 5.41) is 3.87. The van der Waals surface area contributed by atoms with Gasteiger partial charge >= 0.3 is 6.61 Å². The number of nitrogens with two attached hydrogens (primary N) is 1. The molecule has 8 heteroatoms. The summed E-state index contributed by atoms with van der Waals surface area (Å²) >= 11 is 0. The number of H-pyrrole nitrogens is 1. The molecule has 1 unspecified atom stereocenters. The second kappa shape index (κ2) is 10.5. The number of ketones is 1. The second-order valence-corrected chi connectivity index (χ2v) is 8.20. The van der Waals surface area contributed by atoms with Gasteiger partial charge in [-0.05, 0) is 54.3 Å². The fourth-order valence-electron chi connectivity index (χ4n) is 4.03. The van der Waals surface area contributed by atoms with Crippen LogP contribution in [0.4, 0.5) is 8.78 Å². The van der Waals surface area contributed by atoms with Crippen LogP contribution < -0.4 is 15.8 Å². The van der Waals surface area contributed by atoms with Crippen LogP contribution in [0.25, 0.3) is 22.0 Å². The van der Waals surface area contributed by atoms with Crippen LogP contribution in [-0.4, -0.2) is 35.9 Å². The third kappa shape index (κ3) is 5.55. The molecule has 35 heavy (non-hydrogen) atoms. The van der Waals surface area contributed by atoms with Gasteiger partial charge in [0.25, 0.3) is 5.91 Å². The highest BCUT2D eigenvalue weighted by Gasteiger charge is 2.21. The molecule has 0 aliphatic heterocycles. The number of hydrogen-bond donors (Lipinski definition) is 3. The number of carbonyl (C=O) groups is 2. The molecule has 4 N–H and O–H groups in total. The van der Waals surface area contributed by atoms with Crippen molar-refractivity contribution in [2.24, 2.45) is 5.73 Å². The molecular formula is C27H25F2N3O3. The zero-order valence-electron chi connectivity index (χ0n) is 19.1. The van der Waals surface area contributed by atoms with E-state index in [1.807, 2.05) is 30.5 Å². The van der Waals surface area contributed by atoms with Crippen LogP contribution in [0.3, 0.4) is 0 Å². The zero-order chi connectivity index (χ0) is 24.9. The average molecular weight is 478 g/mol. The van der Waals surface area contributed by atoms with E-state index in [4.69, 9.17) is 5.73 Å². The summed E-state index contributed by atoms with van der Waals surface area (Å²) in [4.78, 5) is 28.2. The summed E-state index contributed by atoms with van der Waals surface area (Å²) < 4.78 is 30.7. The van der Waals surface area contributed by atoms with Gasteiger partial charge in [0, 0.05) is 35.2 Å². The maximum atomic E-state index is 13.2. The van der Waals surface area contributed by atoms with Gasteiger partial charge in [-0.25, -0.2) is 0 Å². The normalized spacial score (nSPS) is 12.0. The van der Waals surface area contributed by atoms with Crippen LogP contribution in [-0.2, 0) is 6.42 Å². The van der Waals surface area contributed by atoms with Crippen molar-refractivity contribution in [1.82, 2.24) is 10.3 Å². The molecule has 0 bridgehead atoms. The molecule has 180 valence electrons. The minimum absolute atomic E-state index is 0.0478. The number of para-hydroxylation sites is 1. The SMILES string of the molecule is CC(=O)c1cccc(-c2ccc(OC(F)F)c(C(=O)NC(CN)Cc3c[nH]c4ccccc34)c2)c1. The van der Waals surface area contributed by atoms with Crippen molar-refractivity contribution < 1.29 is 23.1 Å². The number of halogens is 2. The Bertz CT molecular complexity index is 1370. The minimum Gasteiger partial charge on any atom is -0.434 e. The Balaban J connectivity index is 1.62. The molecule has 0 aliphatic carbocycles. The molecule has 4 aromatic rings. The van der Waals surface area contributed by atoms with Gasteiger partial charge in [0.15, 0.2) is 5.78 Å². The van der Waals surface area contributed by atoms with Crippen LogP contribution in [0.1, 0.15) is 33.2 Å². The number of carbonyl (C=O) groups excluding carboxylic acids is 2. The number of rotatable bonds is 9. The number of amides is 1. The van der Waals surface area contributed by atoms with Crippen molar-refractivity contribution in [1.29, 1.82) is 0 Å². The van der Waals surface area contributed by atoms with E-state index in [-0.39, 0.29) is 23.6 Å². The third-order valence-corrected chi connectivity index (χ3v) is 5.80. The van der Waals surface area contributed by atoms with Gasteiger partial charge in [0.05, 0.1) is 5.56 Å². The molecular weight excluding hydrogens is 452 g/mol. The Kier molecular flexibility index (Phi) is 7.22. The topological polar surface area (TPSA) is 97.2 Å². The lowest BCUT2D eigenvalue weighted by Gasteiger charge is -2.19. The number of alkyl halides is 2. The standard InChI is InChI=1S/C27H25F2N3O3/c1-16(33)17-5-4-6-18(11-17)19-9-10-25(35-27(28)29)23(13-19)26(34)32-21(14-30)12-20-15-31-24-8-3-2-7-22(20)24/h2-11,13,15,21,27,31H,12,14,30H2,1H3,(H,32,34). The highest BCUT2D eigenvalue weighted by molar-refractivity contribution is 5.99. The minimum atomic E-state index is -3.09. The predicted octanol–water partition coefficient (Wildman–Crippen LogP) is 4.94. The van der Waals surface area contributed by atoms with Crippen LogP contribution in [0.5, 0.6) is 5.75 Å². The highest BCUT2D eigenvalue weighted by atomic mass is 19.3. The van der Waals surface area contributed by atoms with Gasteiger partial charge in [-0.3, -0.25) is 9.59 Å². The number of nitrogens with one attached hydrogen (secondary N) is 2. The van der Waals surface area contributed by atoms with Crippen molar-refractivity contribution in [2.45, 2.75) is 26.0 Å². The van der Waals surface area contributed by atoms with Crippen molar-refractivity contribution in [3.63, 3.8) is 0 Å². The summed E-state index contributed by atoms with van der Waals surface area (Å²) in [6.07, 6.45) is 2.32. The summed E-state index contributed by atoms with van der Waals surface area (Å²) in [7, 11) is 0. The number of fused-ring (bicyclic) bond motifs is 1. The van der Waals surface area contributed by atoms with Crippen molar-refractivity contribution in [3.05, 3.63) is 89.6 Å². The molecule has 1 heterocycles. The molecule has 0 fully saturated rings. The molecule has 0 spiro atoms. The summed E-state index contributed by atoms with van der Waals surface area (Å²) in [5.74, 6) is -0.933. The van der Waals surface area contributed by atoms with E-state index >= 15 is 0 Å². The van der Waals surface area contributed by atoms with Gasteiger partial charge in [-0.1, -0.05) is 42.5 Å². The van der Waals surface area contributed by atoms with Crippen molar-refractivity contribution in [2.75, 3.05) is 6.54 Å². The number of benzene rings is 3. The lowest BCUT2D eigenvalue weighted by molar-refractivity contribution is -0.0501. The molecule has 4 rings (SSSR count). The Labute approximate surface area is 201 Å². The van der Waals surface area contributed by atoms with Crippen LogP contribution in [0.15, 0.2) is 72.9 Å². The maximum absolute atomic E-state index is 13.2. The van der Waals surface area contributed by atoms with Crippen LogP contribution in [0.2, 0.25) is 0 Å². The largest absolute Gasteiger partial charge is 0.434 e. The average Bonchev–Trinajstić information content (AvgIpc) is 3.26. The molecule has 0 aliphatic rings. The lowest BCUT2D eigenvalue weighted by atomic mass is 9.99. The van der Waals surface area contributed by atoms with E-state index in [1.54, 1.807) is 30.3 Å². The van der Waals surface area contributed by atoms with Crippen molar-refractivity contribution in [3.8, 4) is 16.9 Å². The van der Waals surface area contributed by atoms with E-state index in [2.05, 4.69) is 15.0 Å². The van der Waals surface area contributed by atoms with E-state index in [0.717, 1.165) is 16.5 Å². The number of aromatic nitrogens is 1. The van der Waals surface area contributed by atoms with E-state index < -0.39 is 18.6 Å². The van der Waals surface area contributed by atoms with Gasteiger partial charge in [-0.2, -0.15) is 8.78 Å². The van der Waals surface area contributed by atoms with E-state index in [9.17, 15) is 18.4 Å². The number of hydrogen-bond acceptors (Lipinski definition) is 4. The molecule has 1 aromatic heterocycles. The first-order valence-corrected chi connectivity index (χ1v) is 11.1. The smallest absolute Gasteiger partial charge is 0.387 e. The first-order chi connectivity index (χ1) is 16.9. The first-order valence-electron chi connectivity index (χ1n) is 11.1. The van der Waals surface area contributed by atoms with Gasteiger partial charge < -0.3 is 20.8 Å². The lowest BCUT2D eigenvalue weighted by Crippen LogP contribution is -2.41. The summed E-state index contributed by atoms with van der Waals surface area (Å²) in [6, 6.07) is 18.6.